The van der Waals surface area contributed by atoms with E-state index in [1.54, 1.807) is 0 Å². The van der Waals surface area contributed by atoms with Gasteiger partial charge in [0.1, 0.15) is 11.2 Å². The van der Waals surface area contributed by atoms with E-state index in [0.29, 0.717) is 0 Å². The minimum Gasteiger partial charge on any atom is -0.455 e. The first kappa shape index (κ1) is 33.2. The van der Waals surface area contributed by atoms with E-state index in [1.165, 1.54) is 64.3 Å². The van der Waals surface area contributed by atoms with Crippen molar-refractivity contribution >= 4 is 81.3 Å². The van der Waals surface area contributed by atoms with Crippen molar-refractivity contribution in [2.75, 3.05) is 4.90 Å². The Kier molecular flexibility index (Phi) is 7.18. The van der Waals surface area contributed by atoms with Gasteiger partial charge in [-0.1, -0.05) is 159 Å². The maximum absolute atomic E-state index is 6.84. The fourth-order valence-electron chi connectivity index (χ4n) is 9.69. The zero-order valence-corrected chi connectivity index (χ0v) is 33.0. The molecule has 0 atom stereocenters. The van der Waals surface area contributed by atoms with Crippen molar-refractivity contribution in [3.05, 3.63) is 199 Å². The topological polar surface area (TPSA) is 16.4 Å². The smallest absolute Gasteiger partial charge is 0.143 e. The largest absolute Gasteiger partial charge is 0.455 e. The molecule has 9 aromatic carbocycles. The van der Waals surface area contributed by atoms with E-state index in [-0.39, 0.29) is 5.41 Å². The second-order valence-electron chi connectivity index (χ2n) is 16.0. The monoisotopic (exact) mass is 759 g/mol. The molecule has 274 valence electrons. The Morgan fingerprint density at radius 2 is 1.09 bits per heavy atom. The zero-order chi connectivity index (χ0) is 38.5. The van der Waals surface area contributed by atoms with E-state index in [2.05, 4.69) is 207 Å². The van der Waals surface area contributed by atoms with E-state index in [0.717, 1.165) is 50.1 Å². The lowest BCUT2D eigenvalue weighted by atomic mass is 9.82. The minimum absolute atomic E-state index is 0.136. The molecule has 58 heavy (non-hydrogen) atoms. The van der Waals surface area contributed by atoms with Gasteiger partial charge in [-0.15, -0.1) is 11.3 Å². The summed E-state index contributed by atoms with van der Waals surface area (Å²) < 4.78 is 9.49. The second kappa shape index (κ2) is 12.5. The van der Waals surface area contributed by atoms with Crippen molar-refractivity contribution in [2.24, 2.45) is 0 Å². The number of fused-ring (bicyclic) bond motifs is 10. The van der Waals surface area contributed by atoms with Crippen LogP contribution in [0.5, 0.6) is 0 Å². The number of benzene rings is 9. The number of anilines is 3. The molecule has 0 saturated heterocycles. The Hall–Kier alpha value is -6.94. The van der Waals surface area contributed by atoms with Crippen LogP contribution in [-0.2, 0) is 5.41 Å². The standard InChI is InChI=1S/C55H37NOS/c1-55(2)46-23-8-5-18-44(46)52-47(55)24-13-26-49(52)56(37-30-28-34(29-31-37)38-19-11-22-43-40-17-7-10-27-51(40)58-54(38)43)48-25-9-6-16-39(48)41-20-12-21-42-45-32-35-14-3-4-15-36(35)33-50(45)57-53(41)42/h3-33H,1-2H3. The highest BCUT2D eigenvalue weighted by atomic mass is 32.1. The van der Waals surface area contributed by atoms with Crippen molar-refractivity contribution in [1.29, 1.82) is 0 Å². The van der Waals surface area contributed by atoms with Gasteiger partial charge >= 0.3 is 0 Å². The first-order chi connectivity index (χ1) is 28.5. The fraction of sp³-hybridized carbons (Fsp3) is 0.0545. The third-order valence-corrected chi connectivity index (χ3v) is 13.7. The van der Waals surface area contributed by atoms with E-state index in [1.807, 2.05) is 11.3 Å². The summed E-state index contributed by atoms with van der Waals surface area (Å²) >= 11 is 1.88. The van der Waals surface area contributed by atoms with Crippen molar-refractivity contribution in [1.82, 2.24) is 0 Å². The lowest BCUT2D eigenvalue weighted by Crippen LogP contribution is -2.16. The molecule has 0 amide bonds. The summed E-state index contributed by atoms with van der Waals surface area (Å²) in [5, 5.41) is 7.27. The Morgan fingerprint density at radius 1 is 0.466 bits per heavy atom. The number of nitrogens with zero attached hydrogens (tertiary/aromatic N) is 1. The lowest BCUT2D eigenvalue weighted by molar-refractivity contribution is 0.660. The molecular weight excluding hydrogens is 723 g/mol. The molecule has 11 aromatic rings. The first-order valence-electron chi connectivity index (χ1n) is 20.0. The number of para-hydroxylation sites is 2. The van der Waals surface area contributed by atoms with Crippen molar-refractivity contribution in [2.45, 2.75) is 19.3 Å². The van der Waals surface area contributed by atoms with Crippen LogP contribution in [0.4, 0.5) is 17.1 Å². The van der Waals surface area contributed by atoms with Crippen molar-refractivity contribution in [3.8, 4) is 33.4 Å². The van der Waals surface area contributed by atoms with E-state index < -0.39 is 0 Å². The van der Waals surface area contributed by atoms with Gasteiger partial charge in [-0.3, -0.25) is 0 Å². The van der Waals surface area contributed by atoms with Crippen molar-refractivity contribution < 1.29 is 4.42 Å². The Balaban J connectivity index is 1.09. The second-order valence-corrected chi connectivity index (χ2v) is 17.1. The van der Waals surface area contributed by atoms with Crippen LogP contribution in [0, 0.1) is 0 Å². The molecule has 0 spiro atoms. The van der Waals surface area contributed by atoms with Crippen LogP contribution in [0.1, 0.15) is 25.0 Å². The summed E-state index contributed by atoms with van der Waals surface area (Å²) in [6.45, 7) is 4.71. The molecule has 0 aliphatic heterocycles. The SMILES string of the molecule is CC1(C)c2ccccc2-c2c(N(c3ccc(-c4cccc5c4sc4ccccc45)cc3)c3ccccc3-c3cccc4c3oc3cc5ccccc5cc34)cccc21. The molecule has 0 saturated carbocycles. The maximum atomic E-state index is 6.84. The highest BCUT2D eigenvalue weighted by molar-refractivity contribution is 7.26. The molecular formula is C55H37NOS. The Morgan fingerprint density at radius 3 is 1.95 bits per heavy atom. The molecule has 2 heterocycles. The van der Waals surface area contributed by atoms with Gasteiger partial charge in [-0.05, 0) is 81.1 Å². The van der Waals surface area contributed by atoms with Crippen LogP contribution in [0.3, 0.4) is 0 Å². The van der Waals surface area contributed by atoms with Gasteiger partial charge in [-0.25, -0.2) is 0 Å². The molecule has 2 aromatic heterocycles. The molecule has 3 heteroatoms. The lowest BCUT2D eigenvalue weighted by Gasteiger charge is -2.30. The van der Waals surface area contributed by atoms with Gasteiger partial charge < -0.3 is 9.32 Å². The number of hydrogen-bond acceptors (Lipinski definition) is 3. The predicted octanol–water partition coefficient (Wildman–Crippen LogP) is 16.2. The average Bonchev–Trinajstić information content (AvgIpc) is 3.91. The van der Waals surface area contributed by atoms with Crippen molar-refractivity contribution in [3.63, 3.8) is 0 Å². The zero-order valence-electron chi connectivity index (χ0n) is 32.2. The van der Waals surface area contributed by atoms with E-state index in [4.69, 9.17) is 4.42 Å². The van der Waals surface area contributed by atoms with Gasteiger partial charge in [0.05, 0.1) is 11.4 Å². The summed E-state index contributed by atoms with van der Waals surface area (Å²) in [7, 11) is 0. The molecule has 0 radical (unpaired) electrons. The average molecular weight is 760 g/mol. The van der Waals surface area contributed by atoms with Crippen LogP contribution >= 0.6 is 11.3 Å². The van der Waals surface area contributed by atoms with Gasteiger partial charge in [-0.2, -0.15) is 0 Å². The quantitative estimate of drug-likeness (QED) is 0.174. The minimum atomic E-state index is -0.136. The molecule has 0 unspecified atom stereocenters. The summed E-state index contributed by atoms with van der Waals surface area (Å²) in [6.07, 6.45) is 0. The molecule has 0 N–H and O–H groups in total. The summed E-state index contributed by atoms with van der Waals surface area (Å²) in [5.74, 6) is 0. The van der Waals surface area contributed by atoms with Gasteiger partial charge in [0.25, 0.3) is 0 Å². The van der Waals surface area contributed by atoms with Crippen LogP contribution in [0.2, 0.25) is 0 Å². The number of rotatable bonds is 5. The highest BCUT2D eigenvalue weighted by Crippen LogP contribution is 2.55. The van der Waals surface area contributed by atoms with Crippen LogP contribution in [-0.4, -0.2) is 0 Å². The Bertz CT molecular complexity index is 3440. The number of furan rings is 1. The third kappa shape index (κ3) is 4.84. The third-order valence-electron chi connectivity index (χ3n) is 12.5. The van der Waals surface area contributed by atoms with E-state index >= 15 is 0 Å². The molecule has 0 bridgehead atoms. The highest BCUT2D eigenvalue weighted by Gasteiger charge is 2.38. The number of hydrogen-bond donors (Lipinski definition) is 0. The van der Waals surface area contributed by atoms with Gasteiger partial charge in [0, 0.05) is 58.7 Å². The molecule has 0 fully saturated rings. The van der Waals surface area contributed by atoms with Gasteiger partial charge in [0.2, 0.25) is 0 Å². The fourth-order valence-corrected chi connectivity index (χ4v) is 10.9. The number of thiophene rings is 1. The Labute approximate surface area is 340 Å². The summed E-state index contributed by atoms with van der Waals surface area (Å²) in [4.78, 5) is 2.48. The molecule has 2 nitrogen and oxygen atoms in total. The van der Waals surface area contributed by atoms with Gasteiger partial charge in [0.15, 0.2) is 0 Å². The summed E-state index contributed by atoms with van der Waals surface area (Å²) in [5.41, 5.74) is 14.9. The van der Waals surface area contributed by atoms with Crippen LogP contribution in [0.15, 0.2) is 192 Å². The predicted molar refractivity (Wildman–Crippen MR) is 247 cm³/mol. The van der Waals surface area contributed by atoms with E-state index in [9.17, 15) is 0 Å². The molecule has 1 aliphatic rings. The van der Waals surface area contributed by atoms with Crippen LogP contribution < -0.4 is 4.90 Å². The first-order valence-corrected chi connectivity index (χ1v) is 20.8. The normalized spacial score (nSPS) is 13.1. The molecule has 1 aliphatic carbocycles. The molecule has 12 rings (SSSR count). The maximum Gasteiger partial charge on any atom is 0.143 e. The van der Waals surface area contributed by atoms with Crippen LogP contribution in [0.25, 0.3) is 86.3 Å². The summed E-state index contributed by atoms with van der Waals surface area (Å²) in [6, 6.07) is 68.8.